The molecule has 3 aromatic rings. The van der Waals surface area contributed by atoms with Crippen LogP contribution in [0.3, 0.4) is 0 Å². The van der Waals surface area contributed by atoms with Gasteiger partial charge < -0.3 is 19.5 Å². The molecule has 8 nitrogen and oxygen atoms in total. The Balaban J connectivity index is 1.28. The highest BCUT2D eigenvalue weighted by atomic mass is 16.4. The fraction of sp³-hybridized carbons (Fsp3) is 0.304. The van der Waals surface area contributed by atoms with Gasteiger partial charge in [0.25, 0.3) is 11.8 Å². The smallest absolute Gasteiger partial charge is 0.279 e. The lowest BCUT2D eigenvalue weighted by molar-refractivity contribution is -0.895. The molecule has 2 N–H and O–H groups in total. The van der Waals surface area contributed by atoms with Crippen LogP contribution in [0.5, 0.6) is 0 Å². The van der Waals surface area contributed by atoms with E-state index in [-0.39, 0.29) is 11.8 Å². The SMILES string of the molecule is CCc1ccccc1NC(=O)C[NH+]1CCN(C(=O)c2ccc(-c3nnco3)cc2)CC1. The first kappa shape index (κ1) is 20.7. The third kappa shape index (κ3) is 4.97. The molecule has 2 heterocycles. The zero-order valence-electron chi connectivity index (χ0n) is 17.5. The Labute approximate surface area is 180 Å². The fourth-order valence-corrected chi connectivity index (χ4v) is 3.81. The maximum atomic E-state index is 12.8. The molecule has 4 rings (SSSR count). The van der Waals surface area contributed by atoms with Crippen molar-refractivity contribution in [3.05, 3.63) is 66.1 Å². The second kappa shape index (κ2) is 9.53. The molecule has 2 amide bonds. The first-order valence-electron chi connectivity index (χ1n) is 10.5. The number of aryl methyl sites for hydroxylation is 1. The van der Waals surface area contributed by atoms with E-state index in [0.717, 1.165) is 36.3 Å². The van der Waals surface area contributed by atoms with Crippen molar-refractivity contribution in [1.29, 1.82) is 0 Å². The Morgan fingerprint density at radius 3 is 2.52 bits per heavy atom. The number of hydrogen-bond acceptors (Lipinski definition) is 5. The number of anilines is 1. The summed E-state index contributed by atoms with van der Waals surface area (Å²) >= 11 is 0. The topological polar surface area (TPSA) is 92.8 Å². The summed E-state index contributed by atoms with van der Waals surface area (Å²) < 4.78 is 5.18. The predicted molar refractivity (Wildman–Crippen MR) is 116 cm³/mol. The van der Waals surface area contributed by atoms with Gasteiger partial charge in [-0.05, 0) is 42.3 Å². The maximum Gasteiger partial charge on any atom is 0.279 e. The van der Waals surface area contributed by atoms with Gasteiger partial charge in [-0.2, -0.15) is 0 Å². The Kier molecular flexibility index (Phi) is 6.37. The normalized spacial score (nSPS) is 14.4. The molecule has 1 aliphatic heterocycles. The number of aromatic nitrogens is 2. The Morgan fingerprint density at radius 1 is 1.10 bits per heavy atom. The molecule has 1 saturated heterocycles. The maximum absolute atomic E-state index is 12.8. The third-order valence-corrected chi connectivity index (χ3v) is 5.58. The number of rotatable bonds is 6. The van der Waals surface area contributed by atoms with E-state index in [1.807, 2.05) is 29.2 Å². The van der Waals surface area contributed by atoms with E-state index in [1.54, 1.807) is 24.3 Å². The number of piperazine rings is 1. The molecule has 1 aromatic heterocycles. The van der Waals surface area contributed by atoms with Crippen molar-refractivity contribution >= 4 is 17.5 Å². The molecule has 31 heavy (non-hydrogen) atoms. The van der Waals surface area contributed by atoms with E-state index in [0.29, 0.717) is 31.1 Å². The molecular weight excluding hydrogens is 394 g/mol. The molecule has 1 fully saturated rings. The van der Waals surface area contributed by atoms with Crippen LogP contribution < -0.4 is 10.2 Å². The van der Waals surface area contributed by atoms with Crippen LogP contribution in [0.15, 0.2) is 59.3 Å². The predicted octanol–water partition coefficient (Wildman–Crippen LogP) is 1.28. The molecular formula is C23H26N5O3+. The van der Waals surface area contributed by atoms with Gasteiger partial charge in [-0.1, -0.05) is 25.1 Å². The Morgan fingerprint density at radius 2 is 1.84 bits per heavy atom. The lowest BCUT2D eigenvalue weighted by Gasteiger charge is -2.32. The van der Waals surface area contributed by atoms with Gasteiger partial charge in [0, 0.05) is 16.8 Å². The van der Waals surface area contributed by atoms with Crippen molar-refractivity contribution in [2.75, 3.05) is 38.0 Å². The van der Waals surface area contributed by atoms with Crippen LogP contribution in [0.2, 0.25) is 0 Å². The van der Waals surface area contributed by atoms with Crippen LogP contribution in [0.1, 0.15) is 22.8 Å². The molecule has 0 bridgehead atoms. The van der Waals surface area contributed by atoms with Crippen LogP contribution in [0, 0.1) is 0 Å². The van der Waals surface area contributed by atoms with Gasteiger partial charge in [-0.3, -0.25) is 9.59 Å². The van der Waals surface area contributed by atoms with Crippen LogP contribution in [0.4, 0.5) is 5.69 Å². The quantitative estimate of drug-likeness (QED) is 0.627. The largest absolute Gasteiger partial charge is 0.423 e. The number of benzene rings is 2. The van der Waals surface area contributed by atoms with E-state index in [2.05, 4.69) is 22.4 Å². The van der Waals surface area contributed by atoms with Gasteiger partial charge in [-0.25, -0.2) is 0 Å². The number of carbonyl (C=O) groups excluding carboxylic acids is 2. The van der Waals surface area contributed by atoms with Crippen LogP contribution in [0.25, 0.3) is 11.5 Å². The van der Waals surface area contributed by atoms with E-state index in [1.165, 1.54) is 11.3 Å². The van der Waals surface area contributed by atoms with Gasteiger partial charge in [0.15, 0.2) is 6.54 Å². The minimum Gasteiger partial charge on any atom is -0.423 e. The summed E-state index contributed by atoms with van der Waals surface area (Å²) in [6, 6.07) is 15.0. The number of carbonyl (C=O) groups is 2. The van der Waals surface area contributed by atoms with Crippen molar-refractivity contribution in [1.82, 2.24) is 15.1 Å². The molecule has 0 unspecified atom stereocenters. The summed E-state index contributed by atoms with van der Waals surface area (Å²) in [4.78, 5) is 28.3. The lowest BCUT2D eigenvalue weighted by Crippen LogP contribution is -3.15. The number of nitrogens with one attached hydrogen (secondary N) is 2. The third-order valence-electron chi connectivity index (χ3n) is 5.58. The number of nitrogens with zero attached hydrogens (tertiary/aromatic N) is 3. The minimum atomic E-state index is -0.00236. The molecule has 0 atom stereocenters. The van der Waals surface area contributed by atoms with Crippen molar-refractivity contribution in [3.8, 4) is 11.5 Å². The molecule has 160 valence electrons. The summed E-state index contributed by atoms with van der Waals surface area (Å²) in [5.41, 5.74) is 3.41. The molecule has 1 aliphatic rings. The fourth-order valence-electron chi connectivity index (χ4n) is 3.81. The highest BCUT2D eigenvalue weighted by molar-refractivity contribution is 5.94. The summed E-state index contributed by atoms with van der Waals surface area (Å²) in [6.07, 6.45) is 2.15. The Bertz CT molecular complexity index is 1030. The second-order valence-corrected chi connectivity index (χ2v) is 7.60. The van der Waals surface area contributed by atoms with E-state index in [9.17, 15) is 9.59 Å². The lowest BCUT2D eigenvalue weighted by atomic mass is 10.1. The number of hydrogen-bond donors (Lipinski definition) is 2. The minimum absolute atomic E-state index is 0.00236. The molecule has 0 radical (unpaired) electrons. The van der Waals surface area contributed by atoms with Gasteiger partial charge in [0.1, 0.15) is 0 Å². The average molecular weight is 420 g/mol. The van der Waals surface area contributed by atoms with Gasteiger partial charge in [0.2, 0.25) is 12.3 Å². The Hall–Kier alpha value is -3.52. The molecule has 0 saturated carbocycles. The van der Waals surface area contributed by atoms with Gasteiger partial charge in [0.05, 0.1) is 26.2 Å². The van der Waals surface area contributed by atoms with Crippen molar-refractivity contribution in [2.24, 2.45) is 0 Å². The highest BCUT2D eigenvalue weighted by Gasteiger charge is 2.26. The first-order chi connectivity index (χ1) is 15.1. The summed E-state index contributed by atoms with van der Waals surface area (Å²) in [6.45, 7) is 5.21. The summed E-state index contributed by atoms with van der Waals surface area (Å²) in [5, 5.41) is 10.6. The number of quaternary nitrogens is 1. The first-order valence-corrected chi connectivity index (χ1v) is 10.5. The van der Waals surface area contributed by atoms with Crippen molar-refractivity contribution in [3.63, 3.8) is 0 Å². The zero-order valence-corrected chi connectivity index (χ0v) is 17.5. The van der Waals surface area contributed by atoms with Crippen molar-refractivity contribution < 1.29 is 18.9 Å². The second-order valence-electron chi connectivity index (χ2n) is 7.60. The van der Waals surface area contributed by atoms with E-state index in [4.69, 9.17) is 4.42 Å². The van der Waals surface area contributed by atoms with Crippen LogP contribution in [-0.2, 0) is 11.2 Å². The summed E-state index contributed by atoms with van der Waals surface area (Å²) in [7, 11) is 0. The monoisotopic (exact) mass is 420 g/mol. The standard InChI is InChI=1S/C23H25N5O3/c1-2-17-5-3-4-6-20(17)25-21(29)15-27-11-13-28(14-12-27)23(30)19-9-7-18(8-10-19)22-26-24-16-31-22/h3-10,16H,2,11-15H2,1H3,(H,25,29)/p+1. The van der Waals surface area contributed by atoms with Gasteiger partial charge in [-0.15, -0.1) is 10.2 Å². The van der Waals surface area contributed by atoms with Crippen molar-refractivity contribution in [2.45, 2.75) is 13.3 Å². The highest BCUT2D eigenvalue weighted by Crippen LogP contribution is 2.18. The van der Waals surface area contributed by atoms with Crippen LogP contribution in [-0.4, -0.2) is 59.6 Å². The summed E-state index contributed by atoms with van der Waals surface area (Å²) in [5.74, 6) is 0.431. The molecule has 0 spiro atoms. The zero-order chi connectivity index (χ0) is 21.6. The molecule has 2 aromatic carbocycles. The number of amides is 2. The average Bonchev–Trinajstić information content (AvgIpc) is 3.34. The number of para-hydroxylation sites is 1. The van der Waals surface area contributed by atoms with E-state index < -0.39 is 0 Å². The van der Waals surface area contributed by atoms with Gasteiger partial charge >= 0.3 is 0 Å². The molecule has 0 aliphatic carbocycles. The van der Waals surface area contributed by atoms with E-state index >= 15 is 0 Å². The molecule has 8 heteroatoms. The van der Waals surface area contributed by atoms with Crippen LogP contribution >= 0.6 is 0 Å².